The van der Waals surface area contributed by atoms with Gasteiger partial charge >= 0.3 is 0 Å². The molecule has 2 aromatic rings. The molecule has 22 heavy (non-hydrogen) atoms. The second-order valence-electron chi connectivity index (χ2n) is 4.80. The Morgan fingerprint density at radius 3 is 2.41 bits per heavy atom. The van der Waals surface area contributed by atoms with E-state index in [4.69, 9.17) is 5.26 Å². The van der Waals surface area contributed by atoms with Gasteiger partial charge < -0.3 is 0 Å². The van der Waals surface area contributed by atoms with Gasteiger partial charge in [0.1, 0.15) is 6.07 Å². The van der Waals surface area contributed by atoms with Crippen molar-refractivity contribution in [2.75, 3.05) is 11.7 Å². The van der Waals surface area contributed by atoms with Gasteiger partial charge in [-0.15, -0.1) is 0 Å². The first kappa shape index (κ1) is 15.7. The van der Waals surface area contributed by atoms with Crippen LogP contribution in [0, 0.1) is 25.2 Å². The second-order valence-corrected chi connectivity index (χ2v) is 6.73. The molecule has 1 aromatic heterocycles. The number of aryl methyl sites for hydroxylation is 2. The van der Waals surface area contributed by atoms with Gasteiger partial charge in [-0.2, -0.15) is 15.5 Å². The molecule has 1 heterocycles. The summed E-state index contributed by atoms with van der Waals surface area (Å²) in [4.78, 5) is 0. The normalized spacial score (nSPS) is 12.0. The Bertz CT molecular complexity index is 858. The third kappa shape index (κ3) is 3.51. The van der Waals surface area contributed by atoms with Crippen molar-refractivity contribution in [1.29, 1.82) is 5.26 Å². The molecule has 0 amide bonds. The topological polar surface area (TPSA) is 100 Å². The summed E-state index contributed by atoms with van der Waals surface area (Å²) in [7, 11) is -3.63. The first-order chi connectivity index (χ1) is 10.3. The molecule has 0 radical (unpaired) electrons. The largest absolute Gasteiger partial charge is 0.277 e. The summed E-state index contributed by atoms with van der Waals surface area (Å²) in [6.45, 7) is 3.88. The molecule has 8 heteroatoms. The molecule has 0 unspecified atom stereocenters. The van der Waals surface area contributed by atoms with Crippen molar-refractivity contribution in [2.45, 2.75) is 13.8 Å². The molecule has 0 aliphatic rings. The second kappa shape index (κ2) is 5.99. The Hall–Kier alpha value is -2.66. The highest BCUT2D eigenvalue weighted by Gasteiger charge is 2.12. The molecule has 0 bridgehead atoms. The molecule has 0 atom stereocenters. The number of hydrogen-bond acceptors (Lipinski definition) is 6. The number of rotatable bonds is 3. The molecule has 0 spiro atoms. The number of nitrogens with zero attached hydrogens (tertiary/aromatic N) is 4. The van der Waals surface area contributed by atoms with Gasteiger partial charge in [-0.25, -0.2) is 13.1 Å². The fraction of sp³-hybridized carbons (Fsp3) is 0.214. The molecule has 1 N–H and O–H groups in total. The Labute approximate surface area is 128 Å². The number of hydrogen-bond donors (Lipinski definition) is 1. The van der Waals surface area contributed by atoms with Crippen LogP contribution in [-0.2, 0) is 9.84 Å². The minimum atomic E-state index is -3.63. The maximum Gasteiger partial charge on any atom is 0.251 e. The Morgan fingerprint density at radius 1 is 1.32 bits per heavy atom. The highest BCUT2D eigenvalue weighted by Crippen LogP contribution is 2.15. The van der Waals surface area contributed by atoms with Crippen LogP contribution in [0.4, 0.5) is 5.69 Å². The molecule has 0 fully saturated rings. The van der Waals surface area contributed by atoms with Crippen LogP contribution in [0.5, 0.6) is 0 Å². The molecule has 114 valence electrons. The van der Waals surface area contributed by atoms with Crippen molar-refractivity contribution >= 4 is 20.6 Å². The van der Waals surface area contributed by atoms with Crippen molar-refractivity contribution in [3.05, 3.63) is 41.7 Å². The van der Waals surface area contributed by atoms with Gasteiger partial charge in [-0.3, -0.25) is 5.43 Å². The Balaban J connectivity index is 2.22. The lowest BCUT2D eigenvalue weighted by atomic mass is 10.3. The number of aromatic nitrogens is 2. The summed E-state index contributed by atoms with van der Waals surface area (Å²) in [5.41, 5.74) is 5.95. The smallest absolute Gasteiger partial charge is 0.251 e. The summed E-state index contributed by atoms with van der Waals surface area (Å²) < 4.78 is 24.3. The van der Waals surface area contributed by atoms with Crippen LogP contribution in [0.3, 0.4) is 0 Å². The minimum absolute atomic E-state index is 0.560. The van der Waals surface area contributed by atoms with Crippen molar-refractivity contribution in [2.24, 2.45) is 5.10 Å². The number of nitrogens with one attached hydrogen (secondary N) is 1. The molecule has 0 aliphatic heterocycles. The zero-order valence-electron chi connectivity index (χ0n) is 12.4. The number of hydrazone groups is 1. The van der Waals surface area contributed by atoms with Crippen LogP contribution in [0.2, 0.25) is 0 Å². The number of anilines is 1. The molecule has 0 saturated heterocycles. The summed E-state index contributed by atoms with van der Waals surface area (Å²) >= 11 is 0. The number of nitriles is 1. The maximum absolute atomic E-state index is 11.3. The van der Waals surface area contributed by atoms with Crippen LogP contribution < -0.4 is 5.43 Å². The highest BCUT2D eigenvalue weighted by atomic mass is 32.2. The van der Waals surface area contributed by atoms with E-state index >= 15 is 0 Å². The lowest BCUT2D eigenvalue weighted by molar-refractivity contribution is 0.612. The van der Waals surface area contributed by atoms with Gasteiger partial charge in [0.05, 0.1) is 17.1 Å². The average Bonchev–Trinajstić information content (AvgIpc) is 2.77. The van der Waals surface area contributed by atoms with E-state index in [2.05, 4.69) is 15.6 Å². The number of benzene rings is 1. The SMILES string of the molecule is Cc1cc(C)n(-c2ccc(NN=C(C#N)S(C)(=O)=O)cc2)n1. The van der Waals surface area contributed by atoms with Gasteiger partial charge in [-0.05, 0) is 44.2 Å². The predicted molar refractivity (Wildman–Crippen MR) is 84.6 cm³/mol. The first-order valence-corrected chi connectivity index (χ1v) is 8.28. The van der Waals surface area contributed by atoms with Crippen molar-refractivity contribution in [3.8, 4) is 11.8 Å². The summed E-state index contributed by atoms with van der Waals surface area (Å²) in [5, 5.41) is 16.2. The summed E-state index contributed by atoms with van der Waals surface area (Å²) in [6.07, 6.45) is 0.933. The summed E-state index contributed by atoms with van der Waals surface area (Å²) in [6, 6.07) is 10.6. The summed E-state index contributed by atoms with van der Waals surface area (Å²) in [5.74, 6) is 0. The standard InChI is InChI=1S/C14H15N5O2S/c1-10-8-11(2)19(18-10)13-6-4-12(5-7-13)16-17-14(9-15)22(3,20)21/h4-8,16H,1-3H3. The van der Waals surface area contributed by atoms with Crippen molar-refractivity contribution in [3.63, 3.8) is 0 Å². The Kier molecular flexibility index (Phi) is 4.28. The van der Waals surface area contributed by atoms with E-state index in [9.17, 15) is 8.42 Å². The fourth-order valence-electron chi connectivity index (χ4n) is 1.87. The molecular formula is C14H15N5O2S. The van der Waals surface area contributed by atoms with Crippen LogP contribution in [0.15, 0.2) is 35.4 Å². The zero-order valence-corrected chi connectivity index (χ0v) is 13.2. The van der Waals surface area contributed by atoms with Crippen LogP contribution in [0.25, 0.3) is 5.69 Å². The molecule has 0 saturated carbocycles. The minimum Gasteiger partial charge on any atom is -0.277 e. The predicted octanol–water partition coefficient (Wildman–Crippen LogP) is 1.78. The fourth-order valence-corrected chi connectivity index (χ4v) is 2.25. The molecule has 2 rings (SSSR count). The van der Waals surface area contributed by atoms with Crippen LogP contribution in [0.1, 0.15) is 11.4 Å². The average molecular weight is 317 g/mol. The lowest BCUT2D eigenvalue weighted by Gasteiger charge is -2.06. The van der Waals surface area contributed by atoms with Gasteiger partial charge in [0.15, 0.2) is 0 Å². The van der Waals surface area contributed by atoms with E-state index in [0.717, 1.165) is 23.3 Å². The Morgan fingerprint density at radius 2 is 1.95 bits per heavy atom. The maximum atomic E-state index is 11.3. The van der Waals surface area contributed by atoms with Gasteiger partial charge in [-0.1, -0.05) is 0 Å². The van der Waals surface area contributed by atoms with E-state index in [1.54, 1.807) is 22.9 Å². The van der Waals surface area contributed by atoms with Crippen LogP contribution in [-0.4, -0.2) is 29.5 Å². The van der Waals surface area contributed by atoms with E-state index in [1.165, 1.54) is 0 Å². The van der Waals surface area contributed by atoms with Gasteiger partial charge in [0, 0.05) is 11.9 Å². The first-order valence-electron chi connectivity index (χ1n) is 6.39. The van der Waals surface area contributed by atoms with E-state index in [1.807, 2.05) is 32.0 Å². The van der Waals surface area contributed by atoms with Crippen LogP contribution >= 0.6 is 0 Å². The van der Waals surface area contributed by atoms with Gasteiger partial charge in [0.25, 0.3) is 5.04 Å². The van der Waals surface area contributed by atoms with Crippen molar-refractivity contribution < 1.29 is 8.42 Å². The number of sulfone groups is 1. The van der Waals surface area contributed by atoms with Gasteiger partial charge in [0.2, 0.25) is 9.84 Å². The monoisotopic (exact) mass is 317 g/mol. The molecule has 0 aliphatic carbocycles. The van der Waals surface area contributed by atoms with E-state index < -0.39 is 14.9 Å². The third-order valence-electron chi connectivity index (χ3n) is 2.85. The van der Waals surface area contributed by atoms with E-state index in [0.29, 0.717) is 5.69 Å². The molecule has 1 aromatic carbocycles. The molecular weight excluding hydrogens is 302 g/mol. The third-order valence-corrected chi connectivity index (χ3v) is 3.74. The van der Waals surface area contributed by atoms with Crippen molar-refractivity contribution in [1.82, 2.24) is 9.78 Å². The zero-order chi connectivity index (χ0) is 16.3. The molecule has 7 nitrogen and oxygen atoms in total. The highest BCUT2D eigenvalue weighted by molar-refractivity contribution is 8.06. The lowest BCUT2D eigenvalue weighted by Crippen LogP contribution is -2.12. The quantitative estimate of drug-likeness (QED) is 0.528. The van der Waals surface area contributed by atoms with E-state index in [-0.39, 0.29) is 0 Å².